The Kier molecular flexibility index (Phi) is 12.0. The standard InChI is InChI=1S/C25H34N2O2.H3NO3S/c1-20(2)25(19-26,22-10-7-6-8-11-22)13-9-14-27(3)15-12-21-16-23(28-4)18-24(17-21)29-5;1-5(2,3)4/h6-8,10-11,16-18,20H,9,12-15H2,1-5H3;(H3,1,2,3,4). The molecule has 2 aromatic carbocycles. The number of hydrogen-bond donors (Lipinski definition) is 2. The van der Waals surface area contributed by atoms with Gasteiger partial charge in [0.1, 0.15) is 11.5 Å². The summed E-state index contributed by atoms with van der Waals surface area (Å²) < 4.78 is 35.9. The van der Waals surface area contributed by atoms with Crippen LogP contribution < -0.4 is 14.6 Å². The molecule has 0 aliphatic heterocycles. The summed E-state index contributed by atoms with van der Waals surface area (Å²) in [6, 6.07) is 18.9. The van der Waals surface area contributed by atoms with Crippen molar-refractivity contribution >= 4 is 10.3 Å². The van der Waals surface area contributed by atoms with Crippen LogP contribution in [0, 0.1) is 17.2 Å². The van der Waals surface area contributed by atoms with E-state index in [1.54, 1.807) is 14.2 Å². The van der Waals surface area contributed by atoms with Crippen LogP contribution in [0.2, 0.25) is 0 Å². The lowest BCUT2D eigenvalue weighted by Crippen LogP contribution is -2.32. The predicted octanol–water partition coefficient (Wildman–Crippen LogP) is 3.82. The van der Waals surface area contributed by atoms with E-state index in [0.717, 1.165) is 49.4 Å². The number of benzene rings is 2. The monoisotopic (exact) mass is 491 g/mol. The SMILES string of the molecule is COc1cc(CCN(C)CCCC(C#N)(c2ccccc2)C(C)C)cc(OC)c1.NS(=O)(=O)O. The molecule has 0 aromatic heterocycles. The third-order valence-electron chi connectivity index (χ3n) is 5.78. The third kappa shape index (κ3) is 10.1. The first kappa shape index (κ1) is 29.4. The van der Waals surface area contributed by atoms with Crippen LogP contribution in [0.15, 0.2) is 48.5 Å². The maximum Gasteiger partial charge on any atom is 0.330 e. The summed E-state index contributed by atoms with van der Waals surface area (Å²) in [6.45, 7) is 6.21. The molecule has 0 aliphatic carbocycles. The topological polar surface area (TPSA) is 126 Å². The maximum atomic E-state index is 10.0. The van der Waals surface area contributed by atoms with Gasteiger partial charge < -0.3 is 14.4 Å². The molecule has 0 amide bonds. The zero-order valence-corrected chi connectivity index (χ0v) is 21.5. The van der Waals surface area contributed by atoms with Crippen LogP contribution in [0.5, 0.6) is 11.5 Å². The Bertz CT molecular complexity index is 992. The molecule has 34 heavy (non-hydrogen) atoms. The molecular formula is C25H37N3O5S. The van der Waals surface area contributed by atoms with Gasteiger partial charge in [-0.25, -0.2) is 5.14 Å². The van der Waals surface area contributed by atoms with Gasteiger partial charge in [0.15, 0.2) is 0 Å². The molecule has 1 unspecified atom stereocenters. The number of methoxy groups -OCH3 is 2. The minimum absolute atomic E-state index is 0.268. The number of nitrogens with two attached hydrogens (primary N) is 1. The zero-order chi connectivity index (χ0) is 25.8. The Morgan fingerprint density at radius 3 is 2.06 bits per heavy atom. The molecule has 0 fully saturated rings. The van der Waals surface area contributed by atoms with Gasteiger partial charge in [0, 0.05) is 12.6 Å². The quantitative estimate of drug-likeness (QED) is 0.458. The van der Waals surface area contributed by atoms with Crippen LogP contribution in [0.3, 0.4) is 0 Å². The molecule has 0 aliphatic rings. The number of hydrogen-bond acceptors (Lipinski definition) is 6. The summed E-state index contributed by atoms with van der Waals surface area (Å²) >= 11 is 0. The number of likely N-dealkylation sites (N-methyl/N-ethyl adjacent to an activating group) is 1. The summed E-state index contributed by atoms with van der Waals surface area (Å²) in [4.78, 5) is 2.33. The number of nitriles is 1. The second kappa shape index (κ2) is 13.9. The first-order valence-corrected chi connectivity index (χ1v) is 12.6. The highest BCUT2D eigenvalue weighted by Gasteiger charge is 2.35. The van der Waals surface area contributed by atoms with E-state index in [1.807, 2.05) is 24.3 Å². The summed E-state index contributed by atoms with van der Waals surface area (Å²) in [5, 5.41) is 13.9. The third-order valence-corrected chi connectivity index (χ3v) is 5.78. The highest BCUT2D eigenvalue weighted by molar-refractivity contribution is 7.83. The summed E-state index contributed by atoms with van der Waals surface area (Å²) in [7, 11) is 1.32. The molecule has 0 heterocycles. The molecule has 2 aromatic rings. The molecule has 8 nitrogen and oxygen atoms in total. The van der Waals surface area contributed by atoms with Gasteiger partial charge >= 0.3 is 10.3 Å². The van der Waals surface area contributed by atoms with Crippen LogP contribution >= 0.6 is 0 Å². The van der Waals surface area contributed by atoms with Crippen LogP contribution in [0.25, 0.3) is 0 Å². The Morgan fingerprint density at radius 2 is 1.62 bits per heavy atom. The predicted molar refractivity (Wildman–Crippen MR) is 134 cm³/mol. The van der Waals surface area contributed by atoms with Crippen molar-refractivity contribution < 1.29 is 22.4 Å². The van der Waals surface area contributed by atoms with Crippen molar-refractivity contribution in [2.24, 2.45) is 11.1 Å². The fourth-order valence-corrected chi connectivity index (χ4v) is 3.82. The minimum Gasteiger partial charge on any atom is -0.497 e. The first-order chi connectivity index (χ1) is 15.9. The molecule has 0 bridgehead atoms. The lowest BCUT2D eigenvalue weighted by Gasteiger charge is -2.32. The van der Waals surface area contributed by atoms with E-state index in [4.69, 9.17) is 22.4 Å². The van der Waals surface area contributed by atoms with Gasteiger partial charge in [0.05, 0.1) is 25.7 Å². The van der Waals surface area contributed by atoms with E-state index in [9.17, 15) is 5.26 Å². The van der Waals surface area contributed by atoms with Crippen molar-refractivity contribution in [2.45, 2.75) is 38.5 Å². The fourth-order valence-electron chi connectivity index (χ4n) is 3.82. The molecule has 0 radical (unpaired) electrons. The van der Waals surface area contributed by atoms with E-state index < -0.39 is 15.7 Å². The van der Waals surface area contributed by atoms with Gasteiger partial charge in [0.25, 0.3) is 0 Å². The molecular weight excluding hydrogens is 454 g/mol. The summed E-state index contributed by atoms with van der Waals surface area (Å²) in [5.41, 5.74) is 1.90. The van der Waals surface area contributed by atoms with Crippen molar-refractivity contribution in [1.82, 2.24) is 4.90 Å². The van der Waals surface area contributed by atoms with Gasteiger partial charge in [-0.3, -0.25) is 4.55 Å². The summed E-state index contributed by atoms with van der Waals surface area (Å²) in [5.74, 6) is 1.91. The van der Waals surface area contributed by atoms with E-state index in [2.05, 4.69) is 61.3 Å². The molecule has 3 N–H and O–H groups in total. The van der Waals surface area contributed by atoms with Gasteiger partial charge in [-0.05, 0) is 62.0 Å². The van der Waals surface area contributed by atoms with Gasteiger partial charge in [-0.2, -0.15) is 13.7 Å². The highest BCUT2D eigenvalue weighted by Crippen LogP contribution is 2.36. The number of rotatable bonds is 11. The molecule has 9 heteroatoms. The van der Waals surface area contributed by atoms with Gasteiger partial charge in [0.2, 0.25) is 0 Å². The zero-order valence-electron chi connectivity index (χ0n) is 20.7. The Labute approximate surface area is 204 Å². The average molecular weight is 492 g/mol. The normalized spacial score (nSPS) is 12.9. The molecule has 0 spiro atoms. The van der Waals surface area contributed by atoms with E-state index >= 15 is 0 Å². The van der Waals surface area contributed by atoms with E-state index in [1.165, 1.54) is 5.56 Å². The van der Waals surface area contributed by atoms with E-state index in [-0.39, 0.29) is 5.92 Å². The largest absolute Gasteiger partial charge is 0.497 e. The van der Waals surface area contributed by atoms with Crippen molar-refractivity contribution in [3.63, 3.8) is 0 Å². The Morgan fingerprint density at radius 1 is 1.09 bits per heavy atom. The van der Waals surface area contributed by atoms with Crippen LogP contribution in [-0.2, 0) is 22.1 Å². The van der Waals surface area contributed by atoms with Crippen molar-refractivity contribution in [2.75, 3.05) is 34.4 Å². The first-order valence-electron chi connectivity index (χ1n) is 11.1. The molecule has 0 saturated carbocycles. The van der Waals surface area contributed by atoms with Crippen LogP contribution in [-0.4, -0.2) is 52.2 Å². The van der Waals surface area contributed by atoms with E-state index in [0.29, 0.717) is 0 Å². The molecule has 0 saturated heterocycles. The summed E-state index contributed by atoms with van der Waals surface area (Å²) in [6.07, 6.45) is 2.78. The lowest BCUT2D eigenvalue weighted by atomic mass is 9.70. The fraction of sp³-hybridized carbons (Fsp3) is 0.480. The van der Waals surface area contributed by atoms with Gasteiger partial charge in [-0.1, -0.05) is 44.2 Å². The highest BCUT2D eigenvalue weighted by atomic mass is 32.2. The molecule has 2 rings (SSSR count). The number of ether oxygens (including phenoxy) is 2. The van der Waals surface area contributed by atoms with Crippen molar-refractivity contribution in [1.29, 1.82) is 5.26 Å². The lowest BCUT2D eigenvalue weighted by molar-refractivity contribution is 0.293. The number of nitrogens with zero attached hydrogens (tertiary/aromatic N) is 2. The van der Waals surface area contributed by atoms with Crippen molar-refractivity contribution in [3.8, 4) is 17.6 Å². The minimum atomic E-state index is -4.17. The maximum absolute atomic E-state index is 10.0. The second-order valence-electron chi connectivity index (χ2n) is 8.50. The van der Waals surface area contributed by atoms with Crippen molar-refractivity contribution in [3.05, 3.63) is 59.7 Å². The smallest absolute Gasteiger partial charge is 0.330 e. The molecule has 1 atom stereocenters. The van der Waals surface area contributed by atoms with Gasteiger partial charge in [-0.15, -0.1) is 0 Å². The Hall–Kier alpha value is -2.64. The molecule has 188 valence electrons. The van der Waals surface area contributed by atoms with Crippen LogP contribution in [0.1, 0.15) is 37.8 Å². The second-order valence-corrected chi connectivity index (χ2v) is 9.53. The average Bonchev–Trinajstić information content (AvgIpc) is 2.79. The Balaban J connectivity index is 0.00000104. The van der Waals surface area contributed by atoms with Crippen LogP contribution in [0.4, 0.5) is 0 Å².